The second kappa shape index (κ2) is 9.77. The van der Waals surface area contributed by atoms with E-state index in [9.17, 15) is 14.0 Å². The molecule has 33 heavy (non-hydrogen) atoms. The van der Waals surface area contributed by atoms with Crippen molar-refractivity contribution in [1.82, 2.24) is 14.9 Å². The van der Waals surface area contributed by atoms with Gasteiger partial charge in [0.15, 0.2) is 5.82 Å². The number of aryl methyl sites for hydroxylation is 1. The monoisotopic (exact) mass is 448 g/mol. The third-order valence-electron chi connectivity index (χ3n) is 5.72. The number of likely N-dealkylation sites (tertiary alicyclic amines) is 1. The van der Waals surface area contributed by atoms with Gasteiger partial charge in [-0.25, -0.2) is 14.4 Å². The number of nitrogens with one attached hydrogen (secondary N) is 1. The van der Waals surface area contributed by atoms with Crippen molar-refractivity contribution in [2.75, 3.05) is 19.0 Å². The molecule has 1 saturated heterocycles. The number of methoxy groups -OCH3 is 1. The molecule has 2 heterocycles. The topological polar surface area (TPSA) is 84.4 Å². The molecule has 2 aromatic carbocycles. The molecular weight excluding hydrogens is 423 g/mol. The Hall–Kier alpha value is -3.81. The van der Waals surface area contributed by atoms with Crippen molar-refractivity contribution in [2.24, 2.45) is 0 Å². The Morgan fingerprint density at radius 2 is 1.94 bits per heavy atom. The summed E-state index contributed by atoms with van der Waals surface area (Å²) in [5.74, 6) is 0.286. The summed E-state index contributed by atoms with van der Waals surface area (Å²) < 4.78 is 18.4. The summed E-state index contributed by atoms with van der Waals surface area (Å²) in [5, 5.41) is 2.72. The number of nitrogens with zero attached hydrogens (tertiary/aromatic N) is 3. The second-order valence-corrected chi connectivity index (χ2v) is 7.93. The summed E-state index contributed by atoms with van der Waals surface area (Å²) >= 11 is 0. The highest BCUT2D eigenvalue weighted by molar-refractivity contribution is 6.04. The highest BCUT2D eigenvalue weighted by Crippen LogP contribution is 2.31. The summed E-state index contributed by atoms with van der Waals surface area (Å²) in [6.07, 6.45) is 4.10. The lowest BCUT2D eigenvalue weighted by Gasteiger charge is -2.35. The number of benzene rings is 2. The Kier molecular flexibility index (Phi) is 6.63. The Morgan fingerprint density at radius 3 is 2.67 bits per heavy atom. The first-order valence-electron chi connectivity index (χ1n) is 10.8. The van der Waals surface area contributed by atoms with Crippen molar-refractivity contribution in [1.29, 1.82) is 0 Å². The highest BCUT2D eigenvalue weighted by atomic mass is 19.1. The van der Waals surface area contributed by atoms with Crippen LogP contribution in [0.15, 0.2) is 54.7 Å². The van der Waals surface area contributed by atoms with Crippen LogP contribution in [0.5, 0.6) is 5.75 Å². The van der Waals surface area contributed by atoms with Crippen LogP contribution in [0, 0.1) is 12.7 Å². The maximum absolute atomic E-state index is 13.3. The van der Waals surface area contributed by atoms with Gasteiger partial charge in [-0.1, -0.05) is 6.07 Å². The number of carbonyl (C=O) groups excluding carboxylic acids is 2. The number of amides is 2. The molecule has 1 aliphatic rings. The standard InChI is InChI=1S/C25H25FN4O3/c1-16-21(24(31)29-19-11-9-18(26)10-12-19)15-27-23(28-16)22-8-3-4-13-30(22)25(32)17-6-5-7-20(14-17)33-2/h5-7,9-12,14-15,22H,3-4,8,13H2,1-2H3,(H,29,31)/t22-/m1/s1. The quantitative estimate of drug-likeness (QED) is 0.619. The summed E-state index contributed by atoms with van der Waals surface area (Å²) in [6.45, 7) is 2.34. The molecule has 0 bridgehead atoms. The van der Waals surface area contributed by atoms with E-state index >= 15 is 0 Å². The van der Waals surface area contributed by atoms with Crippen LogP contribution in [0.1, 0.15) is 57.5 Å². The predicted octanol–water partition coefficient (Wildman–Crippen LogP) is 4.55. The number of rotatable bonds is 5. The van der Waals surface area contributed by atoms with E-state index < -0.39 is 0 Å². The van der Waals surface area contributed by atoms with Gasteiger partial charge in [-0.2, -0.15) is 0 Å². The average Bonchev–Trinajstić information content (AvgIpc) is 2.85. The number of halogens is 1. The molecule has 0 radical (unpaired) electrons. The maximum atomic E-state index is 13.3. The smallest absolute Gasteiger partial charge is 0.259 e. The van der Waals surface area contributed by atoms with Gasteiger partial charge in [0.05, 0.1) is 24.4 Å². The van der Waals surface area contributed by atoms with Crippen LogP contribution in [0.3, 0.4) is 0 Å². The number of carbonyl (C=O) groups is 2. The van der Waals surface area contributed by atoms with Crippen molar-refractivity contribution in [2.45, 2.75) is 32.2 Å². The zero-order chi connectivity index (χ0) is 23.4. The summed E-state index contributed by atoms with van der Waals surface area (Å²) in [5.41, 5.74) is 1.86. The minimum absolute atomic E-state index is 0.0991. The number of hydrogen-bond donors (Lipinski definition) is 1. The van der Waals surface area contributed by atoms with Gasteiger partial charge in [0.25, 0.3) is 11.8 Å². The number of aromatic nitrogens is 2. The zero-order valence-electron chi connectivity index (χ0n) is 18.5. The summed E-state index contributed by atoms with van der Waals surface area (Å²) in [6, 6.07) is 12.3. The molecule has 0 spiro atoms. The van der Waals surface area contributed by atoms with Gasteiger partial charge in [0.2, 0.25) is 0 Å². The highest BCUT2D eigenvalue weighted by Gasteiger charge is 2.31. The van der Waals surface area contributed by atoms with Crippen molar-refractivity contribution in [3.05, 3.63) is 83.2 Å². The third-order valence-corrected chi connectivity index (χ3v) is 5.72. The lowest BCUT2D eigenvalue weighted by molar-refractivity contribution is 0.0598. The fourth-order valence-electron chi connectivity index (χ4n) is 3.97. The van der Waals surface area contributed by atoms with Gasteiger partial charge in [-0.05, 0) is 68.7 Å². The van der Waals surface area contributed by atoms with Crippen LogP contribution in [0.4, 0.5) is 10.1 Å². The third kappa shape index (κ3) is 5.00. The van der Waals surface area contributed by atoms with Crippen LogP contribution in [-0.2, 0) is 0 Å². The molecular formula is C25H25FN4O3. The molecule has 170 valence electrons. The molecule has 1 atom stereocenters. The van der Waals surface area contributed by atoms with E-state index in [-0.39, 0.29) is 23.7 Å². The minimum atomic E-state index is -0.377. The Morgan fingerprint density at radius 1 is 1.15 bits per heavy atom. The molecule has 4 rings (SSSR count). The zero-order valence-corrected chi connectivity index (χ0v) is 18.5. The number of hydrogen-bond acceptors (Lipinski definition) is 5. The fraction of sp³-hybridized carbons (Fsp3) is 0.280. The number of ether oxygens (including phenoxy) is 1. The number of anilines is 1. The Balaban J connectivity index is 1.55. The van der Waals surface area contributed by atoms with Crippen LogP contribution in [-0.4, -0.2) is 40.3 Å². The number of piperidine rings is 1. The molecule has 7 nitrogen and oxygen atoms in total. The molecule has 1 aliphatic heterocycles. The summed E-state index contributed by atoms with van der Waals surface area (Å²) in [4.78, 5) is 36.8. The first kappa shape index (κ1) is 22.4. The predicted molar refractivity (Wildman–Crippen MR) is 122 cm³/mol. The van der Waals surface area contributed by atoms with E-state index in [0.717, 1.165) is 19.3 Å². The van der Waals surface area contributed by atoms with Crippen LogP contribution in [0.2, 0.25) is 0 Å². The first-order chi connectivity index (χ1) is 16.0. The van der Waals surface area contributed by atoms with E-state index in [4.69, 9.17) is 4.74 Å². The van der Waals surface area contributed by atoms with Gasteiger partial charge >= 0.3 is 0 Å². The van der Waals surface area contributed by atoms with Crippen LogP contribution >= 0.6 is 0 Å². The molecule has 8 heteroatoms. The first-order valence-corrected chi connectivity index (χ1v) is 10.8. The van der Waals surface area contributed by atoms with E-state index in [1.165, 1.54) is 30.5 Å². The maximum Gasteiger partial charge on any atom is 0.259 e. The van der Waals surface area contributed by atoms with Crippen molar-refractivity contribution in [3.63, 3.8) is 0 Å². The van der Waals surface area contributed by atoms with Gasteiger partial charge in [-0.3, -0.25) is 9.59 Å². The second-order valence-electron chi connectivity index (χ2n) is 7.93. The van der Waals surface area contributed by atoms with Crippen molar-refractivity contribution in [3.8, 4) is 5.75 Å². The van der Waals surface area contributed by atoms with E-state index in [0.29, 0.717) is 40.6 Å². The molecule has 3 aromatic rings. The van der Waals surface area contributed by atoms with E-state index in [1.807, 2.05) is 0 Å². The SMILES string of the molecule is COc1cccc(C(=O)N2CCCC[C@@H]2c2ncc(C(=O)Nc3ccc(F)cc3)c(C)n2)c1. The van der Waals surface area contributed by atoms with Gasteiger partial charge < -0.3 is 15.0 Å². The van der Waals surface area contributed by atoms with E-state index in [1.54, 1.807) is 43.2 Å². The fourth-order valence-corrected chi connectivity index (χ4v) is 3.97. The lowest BCUT2D eigenvalue weighted by atomic mass is 9.99. The lowest BCUT2D eigenvalue weighted by Crippen LogP contribution is -2.39. The Bertz CT molecular complexity index is 1170. The molecule has 1 N–H and O–H groups in total. The summed E-state index contributed by atoms with van der Waals surface area (Å²) in [7, 11) is 1.57. The van der Waals surface area contributed by atoms with E-state index in [2.05, 4.69) is 15.3 Å². The molecule has 1 aromatic heterocycles. The van der Waals surface area contributed by atoms with Crippen molar-refractivity contribution >= 4 is 17.5 Å². The molecule has 2 amide bonds. The van der Waals surface area contributed by atoms with Crippen LogP contribution < -0.4 is 10.1 Å². The van der Waals surface area contributed by atoms with Gasteiger partial charge in [-0.15, -0.1) is 0 Å². The molecule has 0 unspecified atom stereocenters. The normalized spacial score (nSPS) is 15.7. The molecule has 0 saturated carbocycles. The van der Waals surface area contributed by atoms with Crippen molar-refractivity contribution < 1.29 is 18.7 Å². The largest absolute Gasteiger partial charge is 0.497 e. The molecule has 0 aliphatic carbocycles. The van der Waals surface area contributed by atoms with Crippen LogP contribution in [0.25, 0.3) is 0 Å². The Labute approximate surface area is 191 Å². The minimum Gasteiger partial charge on any atom is -0.497 e. The van der Waals surface area contributed by atoms with Gasteiger partial charge in [0.1, 0.15) is 11.6 Å². The average molecular weight is 448 g/mol. The molecule has 1 fully saturated rings. The van der Waals surface area contributed by atoms with Gasteiger partial charge in [0, 0.05) is 24.0 Å².